The summed E-state index contributed by atoms with van der Waals surface area (Å²) in [7, 11) is 2.92. The first kappa shape index (κ1) is 19.5. The molecule has 6 heteroatoms. The van der Waals surface area contributed by atoms with Crippen LogP contribution in [-0.2, 0) is 0 Å². The second kappa shape index (κ2) is 8.17. The zero-order chi connectivity index (χ0) is 20.3. The lowest BCUT2D eigenvalue weighted by Crippen LogP contribution is -2.29. The fraction of sp³-hybridized carbons (Fsp3) is 0.273. The summed E-state index contributed by atoms with van der Waals surface area (Å²) in [6.07, 6.45) is 6.01. The molecule has 6 nitrogen and oxygen atoms in total. The largest absolute Gasteiger partial charge is 0.496 e. The van der Waals surface area contributed by atoms with E-state index in [4.69, 9.17) is 18.6 Å². The number of carbonyl (C=O) groups is 2. The van der Waals surface area contributed by atoms with Crippen LogP contribution < -0.4 is 14.2 Å². The van der Waals surface area contributed by atoms with E-state index in [1.165, 1.54) is 32.8 Å². The van der Waals surface area contributed by atoms with Crippen LogP contribution in [-0.4, -0.2) is 31.9 Å². The molecule has 0 bridgehead atoms. The lowest BCUT2D eigenvalue weighted by molar-refractivity contribution is 0.0951. The van der Waals surface area contributed by atoms with Gasteiger partial charge in [0.1, 0.15) is 23.9 Å². The Morgan fingerprint density at radius 2 is 1.75 bits per heavy atom. The number of fused-ring (bicyclic) bond motifs is 1. The van der Waals surface area contributed by atoms with E-state index in [1.54, 1.807) is 18.2 Å². The number of benzene rings is 1. The topological polar surface area (TPSA) is 75.0 Å². The first-order chi connectivity index (χ1) is 13.5. The number of allylic oxidation sites excluding steroid dienone is 2. The van der Waals surface area contributed by atoms with Crippen LogP contribution in [0.4, 0.5) is 0 Å². The molecule has 0 aliphatic heterocycles. The molecule has 146 valence electrons. The molecule has 1 aromatic heterocycles. The van der Waals surface area contributed by atoms with Crippen LogP contribution in [0.5, 0.6) is 17.2 Å². The predicted octanol–water partition coefficient (Wildman–Crippen LogP) is 4.41. The number of carbonyl (C=O) groups excluding carboxylic acids is 2. The molecule has 0 saturated heterocycles. The van der Waals surface area contributed by atoms with Crippen LogP contribution in [0.15, 0.2) is 58.4 Å². The minimum Gasteiger partial charge on any atom is -0.496 e. The summed E-state index contributed by atoms with van der Waals surface area (Å²) in [5.74, 6) is 0.501. The summed E-state index contributed by atoms with van der Waals surface area (Å²) < 4.78 is 21.6. The Balaban J connectivity index is 2.07. The smallest absolute Gasteiger partial charge is 0.197 e. The number of hydrogen-bond acceptors (Lipinski definition) is 6. The van der Waals surface area contributed by atoms with Crippen molar-refractivity contribution in [3.63, 3.8) is 0 Å². The summed E-state index contributed by atoms with van der Waals surface area (Å²) in [5.41, 5.74) is 1.75. The number of furan rings is 1. The quantitative estimate of drug-likeness (QED) is 0.661. The Labute approximate surface area is 163 Å². The molecule has 1 aromatic carbocycles. The molecule has 28 heavy (non-hydrogen) atoms. The Hall–Kier alpha value is -3.28. The van der Waals surface area contributed by atoms with Crippen molar-refractivity contribution in [2.24, 2.45) is 0 Å². The fourth-order valence-electron chi connectivity index (χ4n) is 3.10. The minimum atomic E-state index is -0.645. The Morgan fingerprint density at radius 3 is 2.32 bits per heavy atom. The van der Waals surface area contributed by atoms with Gasteiger partial charge in [-0.2, -0.15) is 0 Å². The van der Waals surface area contributed by atoms with Gasteiger partial charge in [0, 0.05) is 18.1 Å². The highest BCUT2D eigenvalue weighted by Gasteiger charge is 2.35. The molecule has 0 saturated carbocycles. The average molecular weight is 382 g/mol. The normalized spacial score (nSPS) is 14.1. The number of hydrogen-bond donors (Lipinski definition) is 0. The second-order valence-electron chi connectivity index (χ2n) is 6.60. The molecular weight excluding hydrogens is 360 g/mol. The summed E-state index contributed by atoms with van der Waals surface area (Å²) in [5, 5.41) is 0. The molecule has 0 fully saturated rings. The first-order valence-corrected chi connectivity index (χ1v) is 8.84. The molecule has 0 unspecified atom stereocenters. The van der Waals surface area contributed by atoms with Crippen molar-refractivity contribution in [2.75, 3.05) is 14.2 Å². The first-order valence-electron chi connectivity index (χ1n) is 8.84. The van der Waals surface area contributed by atoms with Gasteiger partial charge in [-0.15, -0.1) is 0 Å². The SMILES string of the molecule is COc1ccc(OC)c2c1C(=O)C=C([C@@H](CC=C(C)C)Oc1ccoc1)C2=O. The van der Waals surface area contributed by atoms with Gasteiger partial charge in [0.2, 0.25) is 0 Å². The molecule has 0 radical (unpaired) electrons. The summed E-state index contributed by atoms with van der Waals surface area (Å²) in [4.78, 5) is 26.2. The maximum atomic E-state index is 13.3. The van der Waals surface area contributed by atoms with Crippen molar-refractivity contribution in [1.82, 2.24) is 0 Å². The Bertz CT molecular complexity index is 946. The molecule has 0 N–H and O–H groups in total. The van der Waals surface area contributed by atoms with Gasteiger partial charge in [0.15, 0.2) is 17.3 Å². The third-order valence-corrected chi connectivity index (χ3v) is 4.45. The monoisotopic (exact) mass is 382 g/mol. The molecular formula is C22H22O6. The number of methoxy groups -OCH3 is 2. The Morgan fingerprint density at radius 1 is 1.07 bits per heavy atom. The highest BCUT2D eigenvalue weighted by molar-refractivity contribution is 6.27. The second-order valence-corrected chi connectivity index (χ2v) is 6.60. The number of rotatable bonds is 7. The lowest BCUT2D eigenvalue weighted by Gasteiger charge is -2.25. The zero-order valence-electron chi connectivity index (χ0n) is 16.3. The van der Waals surface area contributed by atoms with Gasteiger partial charge in [-0.05, 0) is 32.1 Å². The maximum absolute atomic E-state index is 13.3. The predicted molar refractivity (Wildman–Crippen MR) is 103 cm³/mol. The van der Waals surface area contributed by atoms with Gasteiger partial charge in [0.05, 0.1) is 31.6 Å². The fourth-order valence-corrected chi connectivity index (χ4v) is 3.10. The van der Waals surface area contributed by atoms with Gasteiger partial charge >= 0.3 is 0 Å². The third kappa shape index (κ3) is 3.71. The van der Waals surface area contributed by atoms with Crippen molar-refractivity contribution in [3.05, 3.63) is 65.2 Å². The molecule has 1 aliphatic rings. The van der Waals surface area contributed by atoms with Gasteiger partial charge in [0.25, 0.3) is 0 Å². The number of ether oxygens (including phenoxy) is 3. The molecule has 0 amide bonds. The molecule has 0 spiro atoms. The molecule has 3 rings (SSSR count). The van der Waals surface area contributed by atoms with E-state index in [1.807, 2.05) is 19.9 Å². The van der Waals surface area contributed by atoms with Crippen molar-refractivity contribution in [2.45, 2.75) is 26.4 Å². The number of ketones is 2. The third-order valence-electron chi connectivity index (χ3n) is 4.45. The van der Waals surface area contributed by atoms with Crippen LogP contribution in [0, 0.1) is 0 Å². The van der Waals surface area contributed by atoms with Crippen molar-refractivity contribution < 1.29 is 28.2 Å². The van der Waals surface area contributed by atoms with E-state index < -0.39 is 6.10 Å². The van der Waals surface area contributed by atoms with Crippen LogP contribution in [0.1, 0.15) is 41.0 Å². The van der Waals surface area contributed by atoms with E-state index in [2.05, 4.69) is 0 Å². The van der Waals surface area contributed by atoms with E-state index >= 15 is 0 Å². The van der Waals surface area contributed by atoms with Gasteiger partial charge in [-0.3, -0.25) is 9.59 Å². The Kier molecular flexibility index (Phi) is 5.68. The van der Waals surface area contributed by atoms with Crippen molar-refractivity contribution >= 4 is 11.6 Å². The molecule has 1 atom stereocenters. The van der Waals surface area contributed by atoms with Gasteiger partial charge in [-0.1, -0.05) is 11.6 Å². The van der Waals surface area contributed by atoms with Gasteiger partial charge < -0.3 is 18.6 Å². The maximum Gasteiger partial charge on any atom is 0.197 e. The van der Waals surface area contributed by atoms with Crippen LogP contribution in [0.3, 0.4) is 0 Å². The van der Waals surface area contributed by atoms with Crippen LogP contribution >= 0.6 is 0 Å². The van der Waals surface area contributed by atoms with E-state index in [9.17, 15) is 9.59 Å². The van der Waals surface area contributed by atoms with Gasteiger partial charge in [-0.25, -0.2) is 0 Å². The van der Waals surface area contributed by atoms with E-state index in [0.29, 0.717) is 23.7 Å². The highest BCUT2D eigenvalue weighted by Crippen LogP contribution is 2.37. The zero-order valence-corrected chi connectivity index (χ0v) is 16.3. The number of Topliss-reactive ketones (excluding diaryl/α,β-unsaturated/α-hetero) is 1. The summed E-state index contributed by atoms with van der Waals surface area (Å²) in [6, 6.07) is 4.89. The molecule has 1 heterocycles. The molecule has 1 aliphatic carbocycles. The highest BCUT2D eigenvalue weighted by atomic mass is 16.5. The average Bonchev–Trinajstić information content (AvgIpc) is 3.19. The van der Waals surface area contributed by atoms with Crippen molar-refractivity contribution in [1.29, 1.82) is 0 Å². The summed E-state index contributed by atoms with van der Waals surface area (Å²) in [6.45, 7) is 3.92. The molecule has 2 aromatic rings. The van der Waals surface area contributed by atoms with Crippen LogP contribution in [0.2, 0.25) is 0 Å². The van der Waals surface area contributed by atoms with E-state index in [0.717, 1.165) is 5.57 Å². The lowest BCUT2D eigenvalue weighted by atomic mass is 9.85. The summed E-state index contributed by atoms with van der Waals surface area (Å²) >= 11 is 0. The van der Waals surface area contributed by atoms with E-state index in [-0.39, 0.29) is 28.3 Å². The standard InChI is InChI=1S/C22H22O6/c1-13(2)5-6-17(28-14-9-10-27-12-14)15-11-16(23)20-18(25-3)7-8-19(26-4)21(20)22(15)24/h5,7-12,17H,6H2,1-4H3/t17-/m1/s1. The van der Waals surface area contributed by atoms with Crippen LogP contribution in [0.25, 0.3) is 0 Å². The van der Waals surface area contributed by atoms with Crippen molar-refractivity contribution in [3.8, 4) is 17.2 Å². The minimum absolute atomic E-state index is 0.197.